The molecule has 1 amide bonds. The second kappa shape index (κ2) is 7.67. The Balaban J connectivity index is 1.75. The van der Waals surface area contributed by atoms with Crippen LogP contribution in [0.1, 0.15) is 37.8 Å². The largest absolute Gasteiger partial charge is 0.426 e. The van der Waals surface area contributed by atoms with Crippen LogP contribution in [0.15, 0.2) is 42.5 Å². The van der Waals surface area contributed by atoms with Gasteiger partial charge < -0.3 is 10.1 Å². The van der Waals surface area contributed by atoms with E-state index >= 15 is 0 Å². The molecule has 2 aliphatic heterocycles. The summed E-state index contributed by atoms with van der Waals surface area (Å²) < 4.78 is 45.5. The Morgan fingerprint density at radius 2 is 1.87 bits per heavy atom. The van der Waals surface area contributed by atoms with Crippen LogP contribution in [0.2, 0.25) is 0 Å². The number of amides is 1. The van der Waals surface area contributed by atoms with Crippen molar-refractivity contribution in [1.29, 1.82) is 0 Å². The molecule has 164 valence electrons. The molecule has 1 saturated heterocycles. The van der Waals surface area contributed by atoms with Crippen LogP contribution >= 0.6 is 0 Å². The number of carbonyl (C=O) groups excluding carboxylic acids is 2. The smallest absolute Gasteiger partial charge is 0.416 e. The van der Waals surface area contributed by atoms with Gasteiger partial charge in [-0.25, -0.2) is 0 Å². The van der Waals surface area contributed by atoms with Crippen LogP contribution in [0.25, 0.3) is 0 Å². The molecule has 0 atom stereocenters. The summed E-state index contributed by atoms with van der Waals surface area (Å²) in [5.41, 5.74) is -0.564. The van der Waals surface area contributed by atoms with Gasteiger partial charge in [0.05, 0.1) is 28.3 Å². The number of fused-ring (bicyclic) bond motifs is 1. The van der Waals surface area contributed by atoms with E-state index in [0.717, 1.165) is 12.1 Å². The molecule has 0 aromatic heterocycles. The minimum absolute atomic E-state index is 0.202. The minimum atomic E-state index is -4.50. The number of esters is 1. The highest BCUT2D eigenvalue weighted by molar-refractivity contribution is 6.13. The zero-order chi connectivity index (χ0) is 22.4. The molecule has 0 aliphatic carbocycles. The number of hydrogen-bond acceptors (Lipinski definition) is 4. The zero-order valence-electron chi connectivity index (χ0n) is 17.3. The third-order valence-electron chi connectivity index (χ3n) is 6.31. The van der Waals surface area contributed by atoms with E-state index in [1.54, 1.807) is 38.1 Å². The summed E-state index contributed by atoms with van der Waals surface area (Å²) in [7, 11) is 0. The SMILES string of the molecule is CCC1(CC)C(=O)N(c2cccc(OC(=O)C3CNC3)c2)c2ccc(C(F)(F)F)cc21. The van der Waals surface area contributed by atoms with Gasteiger partial charge in [0, 0.05) is 19.2 Å². The molecule has 2 heterocycles. The maximum atomic E-state index is 13.5. The number of anilines is 2. The van der Waals surface area contributed by atoms with Crippen LogP contribution in [0.5, 0.6) is 5.75 Å². The molecule has 0 saturated carbocycles. The van der Waals surface area contributed by atoms with Crippen LogP contribution < -0.4 is 15.0 Å². The summed E-state index contributed by atoms with van der Waals surface area (Å²) in [6.45, 7) is 4.74. The highest BCUT2D eigenvalue weighted by Crippen LogP contribution is 2.50. The molecular weight excluding hydrogens is 409 g/mol. The first kappa shape index (κ1) is 21.4. The molecule has 0 radical (unpaired) electrons. The van der Waals surface area contributed by atoms with Gasteiger partial charge in [-0.15, -0.1) is 0 Å². The predicted octanol–water partition coefficient (Wildman–Crippen LogP) is 4.57. The minimum Gasteiger partial charge on any atom is -0.426 e. The van der Waals surface area contributed by atoms with E-state index < -0.39 is 17.2 Å². The van der Waals surface area contributed by atoms with Gasteiger partial charge in [0.25, 0.3) is 0 Å². The third-order valence-corrected chi connectivity index (χ3v) is 6.31. The summed E-state index contributed by atoms with van der Waals surface area (Å²) in [6.07, 6.45) is -3.75. The molecule has 0 bridgehead atoms. The molecule has 4 rings (SSSR count). The molecule has 8 heteroatoms. The molecule has 5 nitrogen and oxygen atoms in total. The number of benzene rings is 2. The standard InChI is InChI=1S/C23H23F3N2O3/c1-3-22(4-2)18-10-15(23(24,25)26)8-9-19(18)28(21(22)30)16-6-5-7-17(11-16)31-20(29)14-12-27-13-14/h5-11,14,27H,3-4,12-13H2,1-2H3. The maximum Gasteiger partial charge on any atom is 0.416 e. The Bertz CT molecular complexity index is 1030. The van der Waals surface area contributed by atoms with E-state index in [-0.39, 0.29) is 17.8 Å². The molecule has 2 aromatic carbocycles. The van der Waals surface area contributed by atoms with Gasteiger partial charge in [0.15, 0.2) is 0 Å². The summed E-state index contributed by atoms with van der Waals surface area (Å²) in [5, 5.41) is 3.00. The highest BCUT2D eigenvalue weighted by Gasteiger charge is 2.50. The van der Waals surface area contributed by atoms with E-state index in [9.17, 15) is 22.8 Å². The molecule has 0 spiro atoms. The number of ether oxygens (including phenoxy) is 1. The quantitative estimate of drug-likeness (QED) is 0.556. The summed E-state index contributed by atoms with van der Waals surface area (Å²) >= 11 is 0. The fraction of sp³-hybridized carbons (Fsp3) is 0.391. The van der Waals surface area contributed by atoms with Gasteiger partial charge in [0.1, 0.15) is 5.75 Å². The van der Waals surface area contributed by atoms with Crippen LogP contribution in [0.3, 0.4) is 0 Å². The highest BCUT2D eigenvalue weighted by atomic mass is 19.4. The third kappa shape index (κ3) is 3.48. The average Bonchev–Trinajstić information content (AvgIpc) is 2.93. The van der Waals surface area contributed by atoms with Crippen molar-refractivity contribution >= 4 is 23.3 Å². The van der Waals surface area contributed by atoms with Crippen molar-refractivity contribution in [2.75, 3.05) is 18.0 Å². The van der Waals surface area contributed by atoms with E-state index in [1.807, 2.05) is 0 Å². The van der Waals surface area contributed by atoms with Crippen LogP contribution in [0.4, 0.5) is 24.5 Å². The summed E-state index contributed by atoms with van der Waals surface area (Å²) in [4.78, 5) is 27.1. The lowest BCUT2D eigenvalue weighted by atomic mass is 9.76. The number of rotatable bonds is 5. The first-order valence-corrected chi connectivity index (χ1v) is 10.3. The first-order valence-electron chi connectivity index (χ1n) is 10.3. The monoisotopic (exact) mass is 432 g/mol. The van der Waals surface area contributed by atoms with E-state index in [4.69, 9.17) is 4.74 Å². The van der Waals surface area contributed by atoms with E-state index in [0.29, 0.717) is 48.6 Å². The molecule has 0 unspecified atom stereocenters. The fourth-order valence-electron chi connectivity index (χ4n) is 4.26. The van der Waals surface area contributed by atoms with E-state index in [2.05, 4.69) is 5.32 Å². The second-order valence-corrected chi connectivity index (χ2v) is 7.93. The Labute approximate surface area is 178 Å². The summed E-state index contributed by atoms with van der Waals surface area (Å²) in [6, 6.07) is 9.97. The molecular formula is C23H23F3N2O3. The van der Waals surface area contributed by atoms with Gasteiger partial charge in [-0.1, -0.05) is 19.9 Å². The molecule has 31 heavy (non-hydrogen) atoms. The average molecular weight is 432 g/mol. The van der Waals surface area contributed by atoms with Crippen molar-refractivity contribution in [3.8, 4) is 5.75 Å². The van der Waals surface area contributed by atoms with E-state index in [1.165, 1.54) is 11.0 Å². The Kier molecular flexibility index (Phi) is 5.29. The number of hydrogen-bond donors (Lipinski definition) is 1. The van der Waals surface area contributed by atoms with Crippen LogP contribution in [-0.4, -0.2) is 25.0 Å². The van der Waals surface area contributed by atoms with Gasteiger partial charge in [0.2, 0.25) is 5.91 Å². The lowest BCUT2D eigenvalue weighted by molar-refractivity contribution is -0.140. The number of nitrogens with one attached hydrogen (secondary N) is 1. The lowest BCUT2D eigenvalue weighted by Gasteiger charge is -2.27. The predicted molar refractivity (Wildman–Crippen MR) is 109 cm³/mol. The Morgan fingerprint density at radius 3 is 2.45 bits per heavy atom. The lowest BCUT2D eigenvalue weighted by Crippen LogP contribution is -2.48. The van der Waals surface area contributed by atoms with Crippen molar-refractivity contribution in [2.24, 2.45) is 5.92 Å². The maximum absolute atomic E-state index is 13.5. The Hall–Kier alpha value is -2.87. The van der Waals surface area contributed by atoms with Crippen LogP contribution in [-0.2, 0) is 21.2 Å². The second-order valence-electron chi connectivity index (χ2n) is 7.93. The topological polar surface area (TPSA) is 58.6 Å². The van der Waals surface area contributed by atoms with Crippen molar-refractivity contribution in [2.45, 2.75) is 38.3 Å². The van der Waals surface area contributed by atoms with Gasteiger partial charge in [-0.05, 0) is 48.7 Å². The number of halogens is 3. The van der Waals surface area contributed by atoms with Crippen molar-refractivity contribution in [3.05, 3.63) is 53.6 Å². The fourth-order valence-corrected chi connectivity index (χ4v) is 4.26. The first-order chi connectivity index (χ1) is 14.7. The molecule has 1 N–H and O–H groups in total. The molecule has 1 fully saturated rings. The Morgan fingerprint density at radius 1 is 1.16 bits per heavy atom. The van der Waals surface area contributed by atoms with Crippen molar-refractivity contribution < 1.29 is 27.5 Å². The van der Waals surface area contributed by atoms with Gasteiger partial charge in [-0.2, -0.15) is 13.2 Å². The van der Waals surface area contributed by atoms with Crippen LogP contribution in [0, 0.1) is 5.92 Å². The van der Waals surface area contributed by atoms with Crippen molar-refractivity contribution in [1.82, 2.24) is 5.32 Å². The normalized spacial score (nSPS) is 18.0. The van der Waals surface area contributed by atoms with Crippen molar-refractivity contribution in [3.63, 3.8) is 0 Å². The molecule has 2 aromatic rings. The summed E-state index contributed by atoms with van der Waals surface area (Å²) in [5.74, 6) is -0.540. The van der Waals surface area contributed by atoms with Gasteiger partial charge in [-0.3, -0.25) is 14.5 Å². The van der Waals surface area contributed by atoms with Gasteiger partial charge >= 0.3 is 12.1 Å². The molecule has 2 aliphatic rings. The number of alkyl halides is 3. The number of carbonyl (C=O) groups is 2. The number of nitrogens with zero attached hydrogens (tertiary/aromatic N) is 1. The zero-order valence-corrected chi connectivity index (χ0v) is 17.3.